The summed E-state index contributed by atoms with van der Waals surface area (Å²) < 4.78 is 12.0. The number of ether oxygens (including phenoxy) is 2. The molecular weight excluding hydrogens is 306 g/mol. The van der Waals surface area contributed by atoms with Gasteiger partial charge in [-0.1, -0.05) is 28.1 Å². The molecule has 2 aromatic carbocycles. The van der Waals surface area contributed by atoms with E-state index >= 15 is 0 Å². The molecule has 0 spiro atoms. The second-order valence-corrected chi connectivity index (χ2v) is 5.16. The summed E-state index contributed by atoms with van der Waals surface area (Å²) in [6, 6.07) is 13.3. The third kappa shape index (κ3) is 2.49. The summed E-state index contributed by atoms with van der Waals surface area (Å²) in [6.45, 7) is 1.14. The summed E-state index contributed by atoms with van der Waals surface area (Å²) >= 11 is 3.42. The molecule has 0 saturated heterocycles. The Morgan fingerprint density at radius 1 is 0.947 bits per heavy atom. The van der Waals surface area contributed by atoms with Crippen LogP contribution in [-0.2, 0) is 0 Å². The highest BCUT2D eigenvalue weighted by molar-refractivity contribution is 9.10. The molecule has 0 unspecified atom stereocenters. The molecule has 2 aromatic rings. The minimum atomic E-state index is 0.471. The maximum atomic E-state index is 8.27. The summed E-state index contributed by atoms with van der Waals surface area (Å²) in [6.07, 6.45) is 0. The van der Waals surface area contributed by atoms with E-state index in [0.29, 0.717) is 24.7 Å². The smallest absolute Gasteiger partial charge is 0.162 e. The van der Waals surface area contributed by atoms with Crippen molar-refractivity contribution < 1.29 is 9.47 Å². The van der Waals surface area contributed by atoms with Crippen molar-refractivity contribution in [3.63, 3.8) is 0 Å². The molecule has 19 heavy (non-hydrogen) atoms. The SMILES string of the molecule is N=C(c1cccc(Br)c1)c1ccc2c(c1)OCCO2. The van der Waals surface area contributed by atoms with Gasteiger partial charge in [-0.2, -0.15) is 0 Å². The molecule has 4 heteroatoms. The van der Waals surface area contributed by atoms with Crippen molar-refractivity contribution in [3.05, 3.63) is 58.1 Å². The number of halogens is 1. The highest BCUT2D eigenvalue weighted by atomic mass is 79.9. The Morgan fingerprint density at radius 3 is 2.47 bits per heavy atom. The highest BCUT2D eigenvalue weighted by Crippen LogP contribution is 2.31. The van der Waals surface area contributed by atoms with Gasteiger partial charge in [-0.3, -0.25) is 5.41 Å². The number of hydrogen-bond acceptors (Lipinski definition) is 3. The lowest BCUT2D eigenvalue weighted by Gasteiger charge is -2.19. The molecule has 96 valence electrons. The zero-order valence-corrected chi connectivity index (χ0v) is 11.7. The number of hydrogen-bond donors (Lipinski definition) is 1. The van der Waals surface area contributed by atoms with Gasteiger partial charge in [-0.15, -0.1) is 0 Å². The normalized spacial score (nSPS) is 13.1. The lowest BCUT2D eigenvalue weighted by molar-refractivity contribution is 0.171. The maximum absolute atomic E-state index is 8.27. The quantitative estimate of drug-likeness (QED) is 0.859. The van der Waals surface area contributed by atoms with Gasteiger partial charge in [0.15, 0.2) is 11.5 Å². The number of fused-ring (bicyclic) bond motifs is 1. The van der Waals surface area contributed by atoms with Gasteiger partial charge >= 0.3 is 0 Å². The van der Waals surface area contributed by atoms with E-state index in [9.17, 15) is 0 Å². The first-order chi connectivity index (χ1) is 9.24. The van der Waals surface area contributed by atoms with E-state index < -0.39 is 0 Å². The number of rotatable bonds is 2. The molecule has 0 fully saturated rings. The molecule has 0 atom stereocenters. The van der Waals surface area contributed by atoms with Crippen molar-refractivity contribution in [1.82, 2.24) is 0 Å². The number of nitrogens with one attached hydrogen (secondary N) is 1. The van der Waals surface area contributed by atoms with E-state index in [-0.39, 0.29) is 0 Å². The largest absolute Gasteiger partial charge is 0.486 e. The predicted molar refractivity (Wildman–Crippen MR) is 77.5 cm³/mol. The van der Waals surface area contributed by atoms with Crippen molar-refractivity contribution in [1.29, 1.82) is 5.41 Å². The fourth-order valence-corrected chi connectivity index (χ4v) is 2.41. The third-order valence-corrected chi connectivity index (χ3v) is 3.44. The van der Waals surface area contributed by atoms with Gasteiger partial charge < -0.3 is 9.47 Å². The molecule has 0 saturated carbocycles. The van der Waals surface area contributed by atoms with Crippen molar-refractivity contribution in [2.45, 2.75) is 0 Å². The monoisotopic (exact) mass is 317 g/mol. The average Bonchev–Trinajstić information content (AvgIpc) is 2.46. The molecule has 0 amide bonds. The summed E-state index contributed by atoms with van der Waals surface area (Å²) in [5.74, 6) is 1.46. The molecule has 1 N–H and O–H groups in total. The van der Waals surface area contributed by atoms with Gasteiger partial charge in [0.2, 0.25) is 0 Å². The summed E-state index contributed by atoms with van der Waals surface area (Å²) in [5, 5.41) is 8.27. The second-order valence-electron chi connectivity index (χ2n) is 4.24. The van der Waals surface area contributed by atoms with Gasteiger partial charge in [0.25, 0.3) is 0 Å². The third-order valence-electron chi connectivity index (χ3n) is 2.94. The first kappa shape index (κ1) is 12.2. The Hall–Kier alpha value is -1.81. The van der Waals surface area contributed by atoms with Crippen LogP contribution in [0.5, 0.6) is 11.5 Å². The van der Waals surface area contributed by atoms with E-state index in [2.05, 4.69) is 15.9 Å². The van der Waals surface area contributed by atoms with Gasteiger partial charge in [0, 0.05) is 15.6 Å². The molecular formula is C15H12BrNO2. The Balaban J connectivity index is 1.96. The van der Waals surface area contributed by atoms with Crippen LogP contribution >= 0.6 is 15.9 Å². The van der Waals surface area contributed by atoms with Crippen LogP contribution in [0.25, 0.3) is 0 Å². The molecule has 1 aliphatic heterocycles. The van der Waals surface area contributed by atoms with Crippen LogP contribution in [0.4, 0.5) is 0 Å². The van der Waals surface area contributed by atoms with Crippen LogP contribution in [0, 0.1) is 5.41 Å². The average molecular weight is 318 g/mol. The molecule has 0 bridgehead atoms. The van der Waals surface area contributed by atoms with Crippen LogP contribution in [0.3, 0.4) is 0 Å². The van der Waals surface area contributed by atoms with E-state index in [4.69, 9.17) is 14.9 Å². The van der Waals surface area contributed by atoms with E-state index in [1.807, 2.05) is 42.5 Å². The van der Waals surface area contributed by atoms with E-state index in [1.54, 1.807) is 0 Å². The van der Waals surface area contributed by atoms with Crippen molar-refractivity contribution >= 4 is 21.6 Å². The second kappa shape index (κ2) is 5.05. The Labute approximate surface area is 119 Å². The van der Waals surface area contributed by atoms with Crippen molar-refractivity contribution in [2.24, 2.45) is 0 Å². The summed E-state index contributed by atoms with van der Waals surface area (Å²) in [4.78, 5) is 0. The van der Waals surface area contributed by atoms with E-state index in [0.717, 1.165) is 21.3 Å². The number of benzene rings is 2. The summed E-state index contributed by atoms with van der Waals surface area (Å²) in [5.41, 5.74) is 2.16. The maximum Gasteiger partial charge on any atom is 0.162 e. The van der Waals surface area contributed by atoms with Crippen LogP contribution < -0.4 is 9.47 Å². The van der Waals surface area contributed by atoms with E-state index in [1.165, 1.54) is 0 Å². The lowest BCUT2D eigenvalue weighted by Crippen LogP contribution is -2.15. The fourth-order valence-electron chi connectivity index (χ4n) is 2.01. The zero-order valence-electron chi connectivity index (χ0n) is 10.2. The van der Waals surface area contributed by atoms with Crippen molar-refractivity contribution in [3.8, 4) is 11.5 Å². The predicted octanol–water partition coefficient (Wildman–Crippen LogP) is 3.64. The topological polar surface area (TPSA) is 42.3 Å². The standard InChI is InChI=1S/C15H12BrNO2/c16-12-3-1-2-10(8-12)15(17)11-4-5-13-14(9-11)19-7-6-18-13/h1-5,8-9,17H,6-7H2. The first-order valence-corrected chi connectivity index (χ1v) is 6.78. The minimum absolute atomic E-state index is 0.471. The lowest BCUT2D eigenvalue weighted by atomic mass is 10.0. The molecule has 3 nitrogen and oxygen atoms in total. The highest BCUT2D eigenvalue weighted by Gasteiger charge is 2.14. The first-order valence-electron chi connectivity index (χ1n) is 5.98. The Kier molecular flexibility index (Phi) is 3.25. The molecule has 0 radical (unpaired) electrons. The van der Waals surface area contributed by atoms with Gasteiger partial charge in [-0.25, -0.2) is 0 Å². The molecule has 3 rings (SSSR count). The minimum Gasteiger partial charge on any atom is -0.486 e. The van der Waals surface area contributed by atoms with Crippen molar-refractivity contribution in [2.75, 3.05) is 13.2 Å². The molecule has 1 aliphatic rings. The fraction of sp³-hybridized carbons (Fsp3) is 0.133. The van der Waals surface area contributed by atoms with Gasteiger partial charge in [0.1, 0.15) is 13.2 Å². The van der Waals surface area contributed by atoms with Gasteiger partial charge in [0.05, 0.1) is 5.71 Å². The molecule has 1 heterocycles. The van der Waals surface area contributed by atoms with Gasteiger partial charge in [-0.05, 0) is 30.3 Å². The van der Waals surface area contributed by atoms with Crippen LogP contribution in [0.1, 0.15) is 11.1 Å². The molecule has 0 aromatic heterocycles. The zero-order chi connectivity index (χ0) is 13.2. The van der Waals surface area contributed by atoms with Crippen LogP contribution in [0.2, 0.25) is 0 Å². The molecule has 0 aliphatic carbocycles. The summed E-state index contributed by atoms with van der Waals surface area (Å²) in [7, 11) is 0. The Morgan fingerprint density at radius 2 is 1.68 bits per heavy atom. The Bertz CT molecular complexity index is 640. The van der Waals surface area contributed by atoms with Crippen LogP contribution in [0.15, 0.2) is 46.9 Å². The van der Waals surface area contributed by atoms with Crippen LogP contribution in [-0.4, -0.2) is 18.9 Å².